The van der Waals surface area contributed by atoms with E-state index in [9.17, 15) is 9.90 Å². The molecule has 3 nitrogen and oxygen atoms in total. The van der Waals surface area contributed by atoms with Crippen molar-refractivity contribution in [2.24, 2.45) is 5.92 Å². The number of thioether (sulfide) groups is 1. The molecule has 0 aromatic carbocycles. The van der Waals surface area contributed by atoms with Crippen molar-refractivity contribution in [2.45, 2.75) is 25.4 Å². The molecule has 1 aliphatic rings. The molecule has 0 aromatic rings. The van der Waals surface area contributed by atoms with Gasteiger partial charge >= 0.3 is 5.97 Å². The summed E-state index contributed by atoms with van der Waals surface area (Å²) in [5.74, 6) is 1.60. The summed E-state index contributed by atoms with van der Waals surface area (Å²) in [4.78, 5) is 10.2. The van der Waals surface area contributed by atoms with Crippen molar-refractivity contribution in [3.8, 4) is 0 Å². The molecule has 2 N–H and O–H groups in total. The minimum Gasteiger partial charge on any atom is -0.481 e. The van der Waals surface area contributed by atoms with Crippen LogP contribution in [0.1, 0.15) is 19.3 Å². The van der Waals surface area contributed by atoms with Crippen molar-refractivity contribution in [2.75, 3.05) is 11.5 Å². The van der Waals surface area contributed by atoms with Gasteiger partial charge in [-0.3, -0.25) is 4.79 Å². The number of aliphatic carboxylic acids is 1. The average molecular weight is 190 g/mol. The van der Waals surface area contributed by atoms with Gasteiger partial charge in [0, 0.05) is 6.42 Å². The second kappa shape index (κ2) is 4.72. The van der Waals surface area contributed by atoms with Gasteiger partial charge in [0.05, 0.1) is 6.10 Å². The molecule has 2 atom stereocenters. The highest BCUT2D eigenvalue weighted by Crippen LogP contribution is 2.27. The van der Waals surface area contributed by atoms with E-state index in [1.165, 1.54) is 0 Å². The Morgan fingerprint density at radius 1 is 1.67 bits per heavy atom. The molecule has 4 heteroatoms. The lowest BCUT2D eigenvalue weighted by molar-refractivity contribution is -0.137. The number of rotatable bonds is 4. The molecule has 12 heavy (non-hydrogen) atoms. The Bertz CT molecular complexity index is 154. The minimum absolute atomic E-state index is 0.0856. The third-order valence-corrected chi connectivity index (χ3v) is 3.35. The first kappa shape index (κ1) is 9.86. The number of aliphatic hydroxyl groups is 1. The molecule has 1 rings (SSSR count). The first-order chi connectivity index (χ1) is 5.70. The SMILES string of the molecule is O=C(O)CCC(O)C1CCSC1. The number of carboxylic acids is 1. The van der Waals surface area contributed by atoms with Crippen molar-refractivity contribution in [3.63, 3.8) is 0 Å². The van der Waals surface area contributed by atoms with Gasteiger partial charge in [0.25, 0.3) is 0 Å². The van der Waals surface area contributed by atoms with Gasteiger partial charge in [-0.2, -0.15) is 11.8 Å². The highest BCUT2D eigenvalue weighted by molar-refractivity contribution is 7.99. The van der Waals surface area contributed by atoms with E-state index in [1.807, 2.05) is 11.8 Å². The molecule has 0 aromatic heterocycles. The second-order valence-electron chi connectivity index (χ2n) is 3.12. The van der Waals surface area contributed by atoms with Gasteiger partial charge in [-0.15, -0.1) is 0 Å². The summed E-state index contributed by atoms with van der Waals surface area (Å²) in [6.07, 6.45) is 1.12. The molecule has 0 bridgehead atoms. The molecule has 0 radical (unpaired) electrons. The van der Waals surface area contributed by atoms with E-state index >= 15 is 0 Å². The molecule has 1 fully saturated rings. The molecule has 0 aliphatic carbocycles. The van der Waals surface area contributed by atoms with Crippen LogP contribution in [0.5, 0.6) is 0 Å². The van der Waals surface area contributed by atoms with Crippen LogP contribution in [0.25, 0.3) is 0 Å². The summed E-state index contributed by atoms with van der Waals surface area (Å²) in [6.45, 7) is 0. The number of carbonyl (C=O) groups is 1. The van der Waals surface area contributed by atoms with Crippen molar-refractivity contribution in [3.05, 3.63) is 0 Å². The molecule has 70 valence electrons. The van der Waals surface area contributed by atoms with Gasteiger partial charge in [-0.1, -0.05) is 0 Å². The van der Waals surface area contributed by atoms with Crippen molar-refractivity contribution in [1.82, 2.24) is 0 Å². The van der Waals surface area contributed by atoms with Gasteiger partial charge < -0.3 is 10.2 Å². The van der Waals surface area contributed by atoms with E-state index in [0.29, 0.717) is 12.3 Å². The number of carboxylic acid groups (broad SMARTS) is 1. The molecular formula is C8H14O3S. The summed E-state index contributed by atoms with van der Waals surface area (Å²) in [5, 5.41) is 17.9. The predicted molar refractivity (Wildman–Crippen MR) is 48.3 cm³/mol. The van der Waals surface area contributed by atoms with E-state index in [1.54, 1.807) is 0 Å². The molecule has 0 amide bonds. The third kappa shape index (κ3) is 3.03. The Morgan fingerprint density at radius 2 is 2.42 bits per heavy atom. The zero-order valence-electron chi connectivity index (χ0n) is 6.90. The first-order valence-corrected chi connectivity index (χ1v) is 5.33. The maximum Gasteiger partial charge on any atom is 0.303 e. The lowest BCUT2D eigenvalue weighted by atomic mass is 9.98. The Morgan fingerprint density at radius 3 is 2.92 bits per heavy atom. The second-order valence-corrected chi connectivity index (χ2v) is 4.27. The quantitative estimate of drug-likeness (QED) is 0.693. The molecule has 1 saturated heterocycles. The van der Waals surface area contributed by atoms with Crippen LogP contribution >= 0.6 is 11.8 Å². The number of aliphatic hydroxyl groups excluding tert-OH is 1. The summed E-state index contributed by atoms with van der Waals surface area (Å²) in [5.41, 5.74) is 0. The van der Waals surface area contributed by atoms with Crippen LogP contribution in [0.3, 0.4) is 0 Å². The smallest absolute Gasteiger partial charge is 0.303 e. The number of hydrogen-bond donors (Lipinski definition) is 2. The predicted octanol–water partition coefficient (Wildman–Crippen LogP) is 0.965. The molecule has 2 unspecified atom stereocenters. The monoisotopic (exact) mass is 190 g/mol. The molecule has 1 heterocycles. The molecule has 0 saturated carbocycles. The molecule has 0 spiro atoms. The van der Waals surface area contributed by atoms with Crippen LogP contribution < -0.4 is 0 Å². The summed E-state index contributed by atoms with van der Waals surface area (Å²) in [7, 11) is 0. The maximum atomic E-state index is 10.2. The van der Waals surface area contributed by atoms with Crippen LogP contribution in [0.15, 0.2) is 0 Å². The normalized spacial score (nSPS) is 25.6. The Labute approximate surface area is 76.2 Å². The lowest BCUT2D eigenvalue weighted by Crippen LogP contribution is -2.20. The minimum atomic E-state index is -0.820. The lowest BCUT2D eigenvalue weighted by Gasteiger charge is -2.15. The summed E-state index contributed by atoms with van der Waals surface area (Å²) in [6, 6.07) is 0. The van der Waals surface area contributed by atoms with Crippen molar-refractivity contribution < 1.29 is 15.0 Å². The van der Waals surface area contributed by atoms with Crippen LogP contribution in [-0.2, 0) is 4.79 Å². The van der Waals surface area contributed by atoms with Gasteiger partial charge in [0.2, 0.25) is 0 Å². The standard InChI is InChI=1S/C8H14O3S/c9-7(1-2-8(10)11)6-3-4-12-5-6/h6-7,9H,1-5H2,(H,10,11). The van der Waals surface area contributed by atoms with Crippen LogP contribution in [-0.4, -0.2) is 33.8 Å². The zero-order valence-corrected chi connectivity index (χ0v) is 7.72. The van der Waals surface area contributed by atoms with Crippen molar-refractivity contribution in [1.29, 1.82) is 0 Å². The fourth-order valence-corrected chi connectivity index (χ4v) is 2.69. The largest absolute Gasteiger partial charge is 0.481 e. The molecular weight excluding hydrogens is 176 g/mol. The highest BCUT2D eigenvalue weighted by atomic mass is 32.2. The van der Waals surface area contributed by atoms with E-state index < -0.39 is 12.1 Å². The molecule has 1 aliphatic heterocycles. The van der Waals surface area contributed by atoms with Gasteiger partial charge in [0.15, 0.2) is 0 Å². The topological polar surface area (TPSA) is 57.5 Å². The first-order valence-electron chi connectivity index (χ1n) is 4.17. The van der Waals surface area contributed by atoms with E-state index in [0.717, 1.165) is 17.9 Å². The van der Waals surface area contributed by atoms with Crippen LogP contribution in [0.4, 0.5) is 0 Å². The maximum absolute atomic E-state index is 10.2. The van der Waals surface area contributed by atoms with Crippen LogP contribution in [0.2, 0.25) is 0 Å². The van der Waals surface area contributed by atoms with E-state index in [4.69, 9.17) is 5.11 Å². The third-order valence-electron chi connectivity index (χ3n) is 2.16. The Hall–Kier alpha value is -0.220. The summed E-state index contributed by atoms with van der Waals surface area (Å²) < 4.78 is 0. The summed E-state index contributed by atoms with van der Waals surface area (Å²) >= 11 is 1.84. The van der Waals surface area contributed by atoms with Crippen molar-refractivity contribution >= 4 is 17.7 Å². The fourth-order valence-electron chi connectivity index (χ4n) is 1.36. The van der Waals surface area contributed by atoms with Gasteiger partial charge in [0.1, 0.15) is 0 Å². The highest BCUT2D eigenvalue weighted by Gasteiger charge is 2.23. The Balaban J connectivity index is 2.17. The van der Waals surface area contributed by atoms with E-state index in [-0.39, 0.29) is 6.42 Å². The van der Waals surface area contributed by atoms with Gasteiger partial charge in [-0.05, 0) is 30.3 Å². The van der Waals surface area contributed by atoms with Crippen LogP contribution in [0, 0.1) is 5.92 Å². The number of hydrogen-bond acceptors (Lipinski definition) is 3. The van der Waals surface area contributed by atoms with Gasteiger partial charge in [-0.25, -0.2) is 0 Å². The fraction of sp³-hybridized carbons (Fsp3) is 0.875. The Kier molecular flexibility index (Phi) is 3.88. The average Bonchev–Trinajstić information content (AvgIpc) is 2.51. The zero-order chi connectivity index (χ0) is 8.97. The van der Waals surface area contributed by atoms with E-state index in [2.05, 4.69) is 0 Å².